The normalized spacial score (nSPS) is 21.4. The van der Waals surface area contributed by atoms with Gasteiger partial charge in [0.25, 0.3) is 0 Å². The number of rotatable bonds is 4. The molecule has 1 N–H and O–H groups in total. The Morgan fingerprint density at radius 2 is 2.64 bits per heavy atom. The molecular weight excluding hydrogens is 180 g/mol. The molecular formula is C9H16N4O. The average Bonchev–Trinajstić information content (AvgIpc) is 2.78. The van der Waals surface area contributed by atoms with E-state index in [9.17, 15) is 0 Å². The average molecular weight is 196 g/mol. The molecule has 0 radical (unpaired) electrons. The van der Waals surface area contributed by atoms with Gasteiger partial charge in [-0.05, 0) is 18.8 Å². The van der Waals surface area contributed by atoms with E-state index in [1.807, 2.05) is 7.05 Å². The van der Waals surface area contributed by atoms with Crippen molar-refractivity contribution in [1.82, 2.24) is 15.0 Å². The Kier molecular flexibility index (Phi) is 2.98. The highest BCUT2D eigenvalue weighted by atomic mass is 16.5. The van der Waals surface area contributed by atoms with Gasteiger partial charge < -0.3 is 10.1 Å². The standard InChI is InChI=1S/C9H16N4O/c1-13-9(6-11-12-13)10-4-2-8-3-5-14-7-8/h6,8,10H,2-5,7H2,1H3. The molecule has 1 saturated heterocycles. The highest BCUT2D eigenvalue weighted by Crippen LogP contribution is 2.16. The van der Waals surface area contributed by atoms with Crippen molar-refractivity contribution in [3.8, 4) is 0 Å². The van der Waals surface area contributed by atoms with Crippen LogP contribution in [0.1, 0.15) is 12.8 Å². The van der Waals surface area contributed by atoms with E-state index in [1.54, 1.807) is 10.9 Å². The van der Waals surface area contributed by atoms with Gasteiger partial charge in [0.05, 0.1) is 6.20 Å². The Morgan fingerprint density at radius 1 is 1.71 bits per heavy atom. The van der Waals surface area contributed by atoms with Gasteiger partial charge in [0.15, 0.2) is 0 Å². The molecule has 2 rings (SSSR count). The second kappa shape index (κ2) is 4.41. The van der Waals surface area contributed by atoms with Crippen LogP contribution in [0.3, 0.4) is 0 Å². The van der Waals surface area contributed by atoms with Crippen LogP contribution in [0.5, 0.6) is 0 Å². The molecule has 2 heterocycles. The van der Waals surface area contributed by atoms with Crippen LogP contribution < -0.4 is 5.32 Å². The predicted molar refractivity (Wildman–Crippen MR) is 53.0 cm³/mol. The lowest BCUT2D eigenvalue weighted by Gasteiger charge is -2.08. The Bertz CT molecular complexity index is 280. The van der Waals surface area contributed by atoms with Crippen molar-refractivity contribution in [2.45, 2.75) is 12.8 Å². The first-order chi connectivity index (χ1) is 6.86. The van der Waals surface area contributed by atoms with E-state index in [0.29, 0.717) is 0 Å². The van der Waals surface area contributed by atoms with Crippen LogP contribution in [-0.4, -0.2) is 34.8 Å². The van der Waals surface area contributed by atoms with Gasteiger partial charge in [-0.2, -0.15) is 0 Å². The van der Waals surface area contributed by atoms with Crippen LogP contribution in [0.4, 0.5) is 5.82 Å². The molecule has 0 aromatic carbocycles. The van der Waals surface area contributed by atoms with Gasteiger partial charge in [-0.25, -0.2) is 4.68 Å². The van der Waals surface area contributed by atoms with Crippen molar-refractivity contribution in [2.24, 2.45) is 13.0 Å². The fraction of sp³-hybridized carbons (Fsp3) is 0.778. The Balaban J connectivity index is 1.70. The van der Waals surface area contributed by atoms with Crippen molar-refractivity contribution >= 4 is 5.82 Å². The lowest BCUT2D eigenvalue weighted by molar-refractivity contribution is 0.185. The SMILES string of the molecule is Cn1nncc1NCCC1CCOC1. The molecule has 1 atom stereocenters. The first kappa shape index (κ1) is 9.45. The fourth-order valence-electron chi connectivity index (χ4n) is 1.67. The van der Waals surface area contributed by atoms with E-state index in [4.69, 9.17) is 4.74 Å². The Hall–Kier alpha value is -1.10. The third kappa shape index (κ3) is 2.23. The number of nitrogens with zero attached hydrogens (tertiary/aromatic N) is 3. The van der Waals surface area contributed by atoms with Gasteiger partial charge in [-0.1, -0.05) is 5.21 Å². The number of ether oxygens (including phenoxy) is 1. The third-order valence-corrected chi connectivity index (χ3v) is 2.60. The van der Waals surface area contributed by atoms with Gasteiger partial charge in [0, 0.05) is 26.8 Å². The van der Waals surface area contributed by atoms with Crippen molar-refractivity contribution in [3.63, 3.8) is 0 Å². The van der Waals surface area contributed by atoms with Gasteiger partial charge in [0.1, 0.15) is 5.82 Å². The minimum Gasteiger partial charge on any atom is -0.381 e. The van der Waals surface area contributed by atoms with Crippen LogP contribution in [0.25, 0.3) is 0 Å². The molecule has 14 heavy (non-hydrogen) atoms. The largest absolute Gasteiger partial charge is 0.381 e. The van der Waals surface area contributed by atoms with Crippen LogP contribution in [0.15, 0.2) is 6.20 Å². The van der Waals surface area contributed by atoms with E-state index >= 15 is 0 Å². The summed E-state index contributed by atoms with van der Waals surface area (Å²) in [5, 5.41) is 10.9. The molecule has 1 aliphatic rings. The summed E-state index contributed by atoms with van der Waals surface area (Å²) in [4.78, 5) is 0. The molecule has 0 spiro atoms. The smallest absolute Gasteiger partial charge is 0.144 e. The van der Waals surface area contributed by atoms with Gasteiger partial charge in [0.2, 0.25) is 0 Å². The van der Waals surface area contributed by atoms with Crippen molar-refractivity contribution < 1.29 is 4.74 Å². The highest BCUT2D eigenvalue weighted by Gasteiger charge is 2.14. The zero-order valence-corrected chi connectivity index (χ0v) is 8.44. The van der Waals surface area contributed by atoms with Crippen LogP contribution in [-0.2, 0) is 11.8 Å². The monoisotopic (exact) mass is 196 g/mol. The van der Waals surface area contributed by atoms with Crippen LogP contribution in [0.2, 0.25) is 0 Å². The minimum atomic E-state index is 0.726. The quantitative estimate of drug-likeness (QED) is 0.768. The summed E-state index contributed by atoms with van der Waals surface area (Å²) in [6, 6.07) is 0. The molecule has 78 valence electrons. The Morgan fingerprint density at radius 3 is 3.29 bits per heavy atom. The molecule has 0 saturated carbocycles. The van der Waals surface area contributed by atoms with E-state index in [2.05, 4.69) is 15.6 Å². The zero-order valence-electron chi connectivity index (χ0n) is 8.44. The summed E-state index contributed by atoms with van der Waals surface area (Å²) >= 11 is 0. The summed E-state index contributed by atoms with van der Waals surface area (Å²) in [7, 11) is 1.88. The van der Waals surface area contributed by atoms with Crippen LogP contribution in [0, 0.1) is 5.92 Å². The summed E-state index contributed by atoms with van der Waals surface area (Å²) < 4.78 is 7.05. The maximum absolute atomic E-state index is 5.31. The number of hydrogen-bond donors (Lipinski definition) is 1. The van der Waals surface area contributed by atoms with Crippen molar-refractivity contribution in [3.05, 3.63) is 6.20 Å². The van der Waals surface area contributed by atoms with Gasteiger partial charge >= 0.3 is 0 Å². The molecule has 0 bridgehead atoms. The van der Waals surface area contributed by atoms with E-state index in [0.717, 1.165) is 37.9 Å². The van der Waals surface area contributed by atoms with Gasteiger partial charge in [-0.3, -0.25) is 0 Å². The number of nitrogens with one attached hydrogen (secondary N) is 1. The minimum absolute atomic E-state index is 0.726. The fourth-order valence-corrected chi connectivity index (χ4v) is 1.67. The second-order valence-electron chi connectivity index (χ2n) is 3.69. The molecule has 1 aromatic heterocycles. The molecule has 1 unspecified atom stereocenters. The second-order valence-corrected chi connectivity index (χ2v) is 3.69. The number of anilines is 1. The van der Waals surface area contributed by atoms with E-state index in [1.165, 1.54) is 6.42 Å². The number of hydrogen-bond acceptors (Lipinski definition) is 4. The molecule has 0 amide bonds. The lowest BCUT2D eigenvalue weighted by atomic mass is 10.1. The number of aryl methyl sites for hydroxylation is 1. The molecule has 5 nitrogen and oxygen atoms in total. The topological polar surface area (TPSA) is 52.0 Å². The van der Waals surface area contributed by atoms with E-state index < -0.39 is 0 Å². The first-order valence-electron chi connectivity index (χ1n) is 5.02. The predicted octanol–water partition coefficient (Wildman–Crippen LogP) is 0.654. The third-order valence-electron chi connectivity index (χ3n) is 2.60. The summed E-state index contributed by atoms with van der Waals surface area (Å²) in [6.45, 7) is 2.82. The molecule has 0 aliphatic carbocycles. The van der Waals surface area contributed by atoms with E-state index in [-0.39, 0.29) is 0 Å². The maximum Gasteiger partial charge on any atom is 0.144 e. The summed E-state index contributed by atoms with van der Waals surface area (Å²) in [5.41, 5.74) is 0. The summed E-state index contributed by atoms with van der Waals surface area (Å²) in [5.74, 6) is 1.70. The first-order valence-corrected chi connectivity index (χ1v) is 5.02. The molecule has 5 heteroatoms. The lowest BCUT2D eigenvalue weighted by Crippen LogP contribution is -2.11. The summed E-state index contributed by atoms with van der Waals surface area (Å²) in [6.07, 6.45) is 4.10. The van der Waals surface area contributed by atoms with Crippen molar-refractivity contribution in [1.29, 1.82) is 0 Å². The van der Waals surface area contributed by atoms with Gasteiger partial charge in [-0.15, -0.1) is 5.10 Å². The highest BCUT2D eigenvalue weighted by molar-refractivity contribution is 5.30. The van der Waals surface area contributed by atoms with Crippen LogP contribution >= 0.6 is 0 Å². The molecule has 1 fully saturated rings. The molecule has 1 aliphatic heterocycles. The van der Waals surface area contributed by atoms with Crippen molar-refractivity contribution in [2.75, 3.05) is 25.1 Å². The zero-order chi connectivity index (χ0) is 9.80. The number of aromatic nitrogens is 3. The maximum atomic E-state index is 5.31. The molecule has 1 aromatic rings. The Labute approximate surface area is 83.4 Å².